The number of anilines is 2. The molecule has 3 aromatic rings. The first-order chi connectivity index (χ1) is 15.7. The zero-order valence-electron chi connectivity index (χ0n) is 18.1. The predicted octanol–water partition coefficient (Wildman–Crippen LogP) is 4.14. The van der Waals surface area contributed by atoms with Crippen molar-refractivity contribution in [2.24, 2.45) is 0 Å². The lowest BCUT2D eigenvalue weighted by Crippen LogP contribution is -2.38. The molecular formula is C24H23FN2O5S. The molecule has 33 heavy (non-hydrogen) atoms. The smallest absolute Gasteiger partial charge is 0.338 e. The molecule has 7 nitrogen and oxygen atoms in total. The van der Waals surface area contributed by atoms with E-state index < -0.39 is 34.3 Å². The summed E-state index contributed by atoms with van der Waals surface area (Å²) in [6.45, 7) is 2.92. The molecule has 0 bridgehead atoms. The normalized spacial score (nSPS) is 11.0. The molecule has 0 aliphatic rings. The van der Waals surface area contributed by atoms with Crippen LogP contribution in [0.5, 0.6) is 0 Å². The van der Waals surface area contributed by atoms with Crippen LogP contribution in [-0.4, -0.2) is 33.4 Å². The average Bonchev–Trinajstić information content (AvgIpc) is 2.80. The van der Waals surface area contributed by atoms with Crippen LogP contribution < -0.4 is 9.62 Å². The summed E-state index contributed by atoms with van der Waals surface area (Å²) in [4.78, 5) is 24.8. The number of benzene rings is 3. The van der Waals surface area contributed by atoms with Gasteiger partial charge in [0.2, 0.25) is 5.91 Å². The van der Waals surface area contributed by atoms with E-state index in [1.165, 1.54) is 48.5 Å². The van der Waals surface area contributed by atoms with Gasteiger partial charge in [-0.25, -0.2) is 17.6 Å². The molecule has 0 fully saturated rings. The Bertz CT molecular complexity index is 1260. The summed E-state index contributed by atoms with van der Waals surface area (Å²) < 4.78 is 46.8. The zero-order valence-corrected chi connectivity index (χ0v) is 18.9. The number of halogens is 1. The summed E-state index contributed by atoms with van der Waals surface area (Å²) in [5.41, 5.74) is 0.949. The lowest BCUT2D eigenvalue weighted by atomic mass is 10.1. The highest BCUT2D eigenvalue weighted by Crippen LogP contribution is 2.26. The number of sulfonamides is 1. The number of esters is 1. The van der Waals surface area contributed by atoms with E-state index in [1.807, 2.05) is 0 Å². The molecular weight excluding hydrogens is 447 g/mol. The van der Waals surface area contributed by atoms with Crippen molar-refractivity contribution in [2.45, 2.75) is 18.7 Å². The number of hydrogen-bond acceptors (Lipinski definition) is 5. The quantitative estimate of drug-likeness (QED) is 0.500. The summed E-state index contributed by atoms with van der Waals surface area (Å²) in [7, 11) is -4.24. The van der Waals surface area contributed by atoms with E-state index in [4.69, 9.17) is 4.74 Å². The van der Waals surface area contributed by atoms with Crippen molar-refractivity contribution in [3.05, 3.63) is 89.7 Å². The number of amides is 1. The summed E-state index contributed by atoms with van der Waals surface area (Å²) >= 11 is 0. The van der Waals surface area contributed by atoms with Crippen LogP contribution in [0.3, 0.4) is 0 Å². The Morgan fingerprint density at radius 3 is 2.33 bits per heavy atom. The summed E-state index contributed by atoms with van der Waals surface area (Å²) in [6.07, 6.45) is 0. The van der Waals surface area contributed by atoms with Crippen molar-refractivity contribution >= 4 is 33.3 Å². The van der Waals surface area contributed by atoms with Gasteiger partial charge in [-0.2, -0.15) is 0 Å². The van der Waals surface area contributed by atoms with Gasteiger partial charge < -0.3 is 10.1 Å². The summed E-state index contributed by atoms with van der Waals surface area (Å²) in [5.74, 6) is -2.04. The fourth-order valence-corrected chi connectivity index (χ4v) is 4.54. The second-order valence-electron chi connectivity index (χ2n) is 7.07. The molecule has 0 aromatic heterocycles. The molecule has 1 amide bonds. The lowest BCUT2D eigenvalue weighted by molar-refractivity contribution is -0.114. The highest BCUT2D eigenvalue weighted by atomic mass is 32.2. The highest BCUT2D eigenvalue weighted by Gasteiger charge is 2.29. The van der Waals surface area contributed by atoms with Gasteiger partial charge in [-0.05, 0) is 55.8 Å². The molecule has 0 aliphatic heterocycles. The van der Waals surface area contributed by atoms with Crippen molar-refractivity contribution in [1.82, 2.24) is 0 Å². The maximum atomic E-state index is 14.6. The Balaban J connectivity index is 1.93. The predicted molar refractivity (Wildman–Crippen MR) is 123 cm³/mol. The van der Waals surface area contributed by atoms with Gasteiger partial charge in [0.15, 0.2) is 0 Å². The molecule has 0 spiro atoms. The molecule has 0 saturated heterocycles. The summed E-state index contributed by atoms with van der Waals surface area (Å²) in [5, 5.41) is 2.62. The minimum absolute atomic E-state index is 0.0819. The van der Waals surface area contributed by atoms with Crippen LogP contribution in [0, 0.1) is 12.7 Å². The van der Waals surface area contributed by atoms with Crippen molar-refractivity contribution in [2.75, 3.05) is 22.8 Å². The number of para-hydroxylation sites is 1. The van der Waals surface area contributed by atoms with Crippen LogP contribution in [-0.2, 0) is 19.6 Å². The van der Waals surface area contributed by atoms with Gasteiger partial charge in [0, 0.05) is 5.69 Å². The molecule has 0 aliphatic carbocycles. The van der Waals surface area contributed by atoms with E-state index in [2.05, 4.69) is 5.32 Å². The van der Waals surface area contributed by atoms with Gasteiger partial charge in [0.25, 0.3) is 10.0 Å². The standard InChI is InChI=1S/C24H23FN2O5S/c1-3-32-24(29)18-14-13-17(2)21(15-18)26-23(28)16-27(22-12-8-7-11-20(22)25)33(30,31)19-9-5-4-6-10-19/h4-15H,3,16H2,1-2H3,(H,26,28). The molecule has 0 heterocycles. The van der Waals surface area contributed by atoms with E-state index in [0.717, 1.165) is 10.4 Å². The Morgan fingerprint density at radius 2 is 1.67 bits per heavy atom. The minimum Gasteiger partial charge on any atom is -0.462 e. The number of carbonyl (C=O) groups excluding carboxylic acids is 2. The first kappa shape index (κ1) is 23.9. The molecule has 0 radical (unpaired) electrons. The molecule has 9 heteroatoms. The van der Waals surface area contributed by atoms with Crippen LogP contribution in [0.15, 0.2) is 77.7 Å². The molecule has 0 unspecified atom stereocenters. The van der Waals surface area contributed by atoms with Gasteiger partial charge >= 0.3 is 5.97 Å². The largest absolute Gasteiger partial charge is 0.462 e. The van der Waals surface area contributed by atoms with Crippen LogP contribution in [0.1, 0.15) is 22.8 Å². The van der Waals surface area contributed by atoms with Crippen LogP contribution in [0.25, 0.3) is 0 Å². The maximum Gasteiger partial charge on any atom is 0.338 e. The van der Waals surface area contributed by atoms with E-state index in [-0.39, 0.29) is 22.8 Å². The van der Waals surface area contributed by atoms with Gasteiger partial charge in [-0.15, -0.1) is 0 Å². The van der Waals surface area contributed by atoms with Crippen molar-refractivity contribution in [1.29, 1.82) is 0 Å². The number of nitrogens with zero attached hydrogens (tertiary/aromatic N) is 1. The van der Waals surface area contributed by atoms with Crippen LogP contribution in [0.4, 0.5) is 15.8 Å². The summed E-state index contributed by atoms with van der Waals surface area (Å²) in [6, 6.07) is 17.4. The van der Waals surface area contributed by atoms with Crippen LogP contribution in [0.2, 0.25) is 0 Å². The fraction of sp³-hybridized carbons (Fsp3) is 0.167. The maximum absolute atomic E-state index is 14.6. The van der Waals surface area contributed by atoms with Crippen molar-refractivity contribution in [3.8, 4) is 0 Å². The molecule has 3 rings (SSSR count). The Morgan fingerprint density at radius 1 is 1.00 bits per heavy atom. The first-order valence-corrected chi connectivity index (χ1v) is 11.6. The lowest BCUT2D eigenvalue weighted by Gasteiger charge is -2.24. The number of nitrogens with one attached hydrogen (secondary N) is 1. The first-order valence-electron chi connectivity index (χ1n) is 10.1. The van der Waals surface area contributed by atoms with Gasteiger partial charge in [-0.1, -0.05) is 36.4 Å². The van der Waals surface area contributed by atoms with Gasteiger partial charge in [-0.3, -0.25) is 9.10 Å². The number of carbonyl (C=O) groups is 2. The number of rotatable bonds is 8. The Labute approximate surface area is 191 Å². The molecule has 172 valence electrons. The van der Waals surface area contributed by atoms with E-state index in [0.29, 0.717) is 11.3 Å². The minimum atomic E-state index is -4.24. The SMILES string of the molecule is CCOC(=O)c1ccc(C)c(NC(=O)CN(c2ccccc2F)S(=O)(=O)c2ccccc2)c1. The third kappa shape index (κ3) is 5.56. The Kier molecular flexibility index (Phi) is 7.44. The van der Waals surface area contributed by atoms with E-state index in [1.54, 1.807) is 32.0 Å². The van der Waals surface area contributed by atoms with Crippen LogP contribution >= 0.6 is 0 Å². The third-order valence-corrected chi connectivity index (χ3v) is 6.54. The van der Waals surface area contributed by atoms with Crippen molar-refractivity contribution < 1.29 is 27.1 Å². The molecule has 1 N–H and O–H groups in total. The topological polar surface area (TPSA) is 92.8 Å². The van der Waals surface area contributed by atoms with Crippen molar-refractivity contribution in [3.63, 3.8) is 0 Å². The molecule has 0 atom stereocenters. The number of ether oxygens (including phenoxy) is 1. The van der Waals surface area contributed by atoms with Gasteiger partial charge in [0.1, 0.15) is 12.4 Å². The Hall–Kier alpha value is -3.72. The average molecular weight is 471 g/mol. The molecule has 3 aromatic carbocycles. The second kappa shape index (κ2) is 10.3. The van der Waals surface area contributed by atoms with E-state index >= 15 is 0 Å². The highest BCUT2D eigenvalue weighted by molar-refractivity contribution is 7.92. The molecule has 0 saturated carbocycles. The fourth-order valence-electron chi connectivity index (χ4n) is 3.09. The van der Waals surface area contributed by atoms with E-state index in [9.17, 15) is 22.4 Å². The zero-order chi connectivity index (χ0) is 24.0. The third-order valence-electron chi connectivity index (χ3n) is 4.76. The van der Waals surface area contributed by atoms with Gasteiger partial charge in [0.05, 0.1) is 22.8 Å². The second-order valence-corrected chi connectivity index (χ2v) is 8.94. The monoisotopic (exact) mass is 470 g/mol. The number of aryl methyl sites for hydroxylation is 1. The number of hydrogen-bond donors (Lipinski definition) is 1.